The fourth-order valence-corrected chi connectivity index (χ4v) is 2.69. The summed E-state index contributed by atoms with van der Waals surface area (Å²) in [6.07, 6.45) is 1.18. The van der Waals surface area contributed by atoms with E-state index in [-0.39, 0.29) is 0 Å². The number of hydrogen-bond acceptors (Lipinski definition) is 1. The van der Waals surface area contributed by atoms with E-state index in [1.165, 1.54) is 10.8 Å². The SMILES string of the molecule is CC[C@H]1C[C@@H]1c1cc2c(ccn2CC(F)(F)F)cn1. The lowest BCUT2D eigenvalue weighted by atomic mass is 10.1. The maximum atomic E-state index is 12.5. The van der Waals surface area contributed by atoms with Crippen molar-refractivity contribution in [3.8, 4) is 0 Å². The van der Waals surface area contributed by atoms with Crippen molar-refractivity contribution < 1.29 is 13.2 Å². The molecule has 0 N–H and O–H groups in total. The Hall–Kier alpha value is -1.52. The Morgan fingerprint density at radius 1 is 1.42 bits per heavy atom. The Balaban J connectivity index is 1.94. The molecule has 0 aromatic carbocycles. The van der Waals surface area contributed by atoms with E-state index in [2.05, 4.69) is 11.9 Å². The molecule has 1 fully saturated rings. The second kappa shape index (κ2) is 4.25. The van der Waals surface area contributed by atoms with E-state index >= 15 is 0 Å². The van der Waals surface area contributed by atoms with Crippen molar-refractivity contribution in [3.63, 3.8) is 0 Å². The summed E-state index contributed by atoms with van der Waals surface area (Å²) in [5.74, 6) is 1.08. The van der Waals surface area contributed by atoms with Gasteiger partial charge < -0.3 is 4.57 Å². The van der Waals surface area contributed by atoms with Crippen LogP contribution in [0.3, 0.4) is 0 Å². The first kappa shape index (κ1) is 12.5. The number of pyridine rings is 1. The van der Waals surface area contributed by atoms with Crippen LogP contribution in [0.15, 0.2) is 24.5 Å². The van der Waals surface area contributed by atoms with Gasteiger partial charge in [0.25, 0.3) is 0 Å². The number of rotatable bonds is 3. The molecule has 1 aliphatic rings. The Labute approximate surface area is 109 Å². The number of fused-ring (bicyclic) bond motifs is 1. The number of halogens is 3. The van der Waals surface area contributed by atoms with Gasteiger partial charge in [-0.3, -0.25) is 4.98 Å². The van der Waals surface area contributed by atoms with Crippen LogP contribution in [0.5, 0.6) is 0 Å². The lowest BCUT2D eigenvalue weighted by molar-refractivity contribution is -0.139. The molecule has 2 aromatic heterocycles. The maximum Gasteiger partial charge on any atom is 0.406 e. The molecule has 1 aliphatic carbocycles. The summed E-state index contributed by atoms with van der Waals surface area (Å²) >= 11 is 0. The maximum absolute atomic E-state index is 12.5. The molecule has 2 atom stereocenters. The van der Waals surface area contributed by atoms with Crippen LogP contribution in [-0.2, 0) is 6.54 Å². The van der Waals surface area contributed by atoms with Crippen LogP contribution >= 0.6 is 0 Å². The predicted octanol–water partition coefficient (Wildman–Crippen LogP) is 4.11. The average molecular weight is 268 g/mol. The van der Waals surface area contributed by atoms with Gasteiger partial charge in [-0.15, -0.1) is 0 Å². The fraction of sp³-hybridized carbons (Fsp3) is 0.500. The van der Waals surface area contributed by atoms with Crippen molar-refractivity contribution in [2.45, 2.75) is 38.4 Å². The van der Waals surface area contributed by atoms with Crippen LogP contribution in [0.1, 0.15) is 31.4 Å². The van der Waals surface area contributed by atoms with Gasteiger partial charge in [0.15, 0.2) is 0 Å². The third-order valence-electron chi connectivity index (χ3n) is 3.85. The molecule has 0 saturated heterocycles. The highest BCUT2D eigenvalue weighted by Gasteiger charge is 2.38. The van der Waals surface area contributed by atoms with Gasteiger partial charge in [0.05, 0.1) is 5.52 Å². The highest BCUT2D eigenvalue weighted by Crippen LogP contribution is 2.48. The van der Waals surface area contributed by atoms with Gasteiger partial charge in [0, 0.05) is 29.4 Å². The van der Waals surface area contributed by atoms with Gasteiger partial charge in [-0.25, -0.2) is 0 Å². The zero-order chi connectivity index (χ0) is 13.6. The molecule has 3 rings (SSSR count). The normalized spacial score (nSPS) is 22.9. The molecule has 0 spiro atoms. The Kier molecular flexibility index (Phi) is 2.80. The van der Waals surface area contributed by atoms with Crippen LogP contribution in [0.2, 0.25) is 0 Å². The highest BCUT2D eigenvalue weighted by atomic mass is 19.4. The third-order valence-corrected chi connectivity index (χ3v) is 3.85. The number of hydrogen-bond donors (Lipinski definition) is 0. The third kappa shape index (κ3) is 2.46. The van der Waals surface area contributed by atoms with E-state index in [0.29, 0.717) is 17.4 Å². The lowest BCUT2D eigenvalue weighted by Crippen LogP contribution is -2.16. The largest absolute Gasteiger partial charge is 0.406 e. The van der Waals surface area contributed by atoms with Crippen LogP contribution in [0, 0.1) is 5.92 Å². The van der Waals surface area contributed by atoms with Crippen molar-refractivity contribution in [2.24, 2.45) is 5.92 Å². The van der Waals surface area contributed by atoms with Crippen molar-refractivity contribution in [3.05, 3.63) is 30.2 Å². The molecule has 2 heterocycles. The van der Waals surface area contributed by atoms with Gasteiger partial charge >= 0.3 is 6.18 Å². The van der Waals surface area contributed by atoms with Crippen molar-refractivity contribution >= 4 is 10.9 Å². The first-order chi connectivity index (χ1) is 8.98. The Morgan fingerprint density at radius 3 is 2.84 bits per heavy atom. The Bertz CT molecular complexity index is 600. The zero-order valence-electron chi connectivity index (χ0n) is 10.6. The second-order valence-corrected chi connectivity index (χ2v) is 5.24. The fourth-order valence-electron chi connectivity index (χ4n) is 2.69. The minimum absolute atomic E-state index is 0.434. The predicted molar refractivity (Wildman–Crippen MR) is 66.9 cm³/mol. The van der Waals surface area contributed by atoms with E-state index in [1.807, 2.05) is 6.07 Å². The number of nitrogens with zero attached hydrogens (tertiary/aromatic N) is 2. The molecule has 0 bridgehead atoms. The first-order valence-corrected chi connectivity index (χ1v) is 6.49. The summed E-state index contributed by atoms with van der Waals surface area (Å²) in [6, 6.07) is 3.50. The van der Waals surface area contributed by atoms with Gasteiger partial charge in [0.1, 0.15) is 6.54 Å². The molecule has 1 saturated carbocycles. The average Bonchev–Trinajstić information content (AvgIpc) is 3.04. The standard InChI is InChI=1S/C14H15F3N2/c1-2-9-5-11(9)12-6-13-10(7-18-12)3-4-19(13)8-14(15,16)17/h3-4,6-7,9,11H,2,5,8H2,1H3/t9-,11-/m0/s1. The van der Waals surface area contributed by atoms with Crippen molar-refractivity contribution in [1.82, 2.24) is 9.55 Å². The van der Waals surface area contributed by atoms with Gasteiger partial charge in [-0.1, -0.05) is 13.3 Å². The van der Waals surface area contributed by atoms with Crippen LogP contribution in [0.4, 0.5) is 13.2 Å². The highest BCUT2D eigenvalue weighted by molar-refractivity contribution is 5.79. The lowest BCUT2D eigenvalue weighted by Gasteiger charge is -2.09. The van der Waals surface area contributed by atoms with E-state index in [0.717, 1.165) is 23.9 Å². The molecule has 0 aliphatic heterocycles. The molecule has 2 aromatic rings. The molecule has 5 heteroatoms. The molecular formula is C14H15F3N2. The van der Waals surface area contributed by atoms with Gasteiger partial charge in [0.2, 0.25) is 0 Å². The van der Waals surface area contributed by atoms with E-state index in [4.69, 9.17) is 0 Å². The minimum Gasteiger partial charge on any atom is -0.338 e. The van der Waals surface area contributed by atoms with Crippen LogP contribution in [-0.4, -0.2) is 15.7 Å². The van der Waals surface area contributed by atoms with Crippen LogP contribution < -0.4 is 0 Å². The topological polar surface area (TPSA) is 17.8 Å². The number of alkyl halides is 3. The summed E-state index contributed by atoms with van der Waals surface area (Å²) in [7, 11) is 0. The second-order valence-electron chi connectivity index (χ2n) is 5.24. The van der Waals surface area contributed by atoms with E-state index in [1.54, 1.807) is 12.3 Å². The summed E-state index contributed by atoms with van der Waals surface area (Å²) in [5, 5.41) is 0.765. The molecule has 2 nitrogen and oxygen atoms in total. The molecular weight excluding hydrogens is 253 g/mol. The van der Waals surface area contributed by atoms with Crippen molar-refractivity contribution in [2.75, 3.05) is 0 Å². The molecule has 0 amide bonds. The molecule has 0 unspecified atom stereocenters. The molecule has 102 valence electrons. The quantitative estimate of drug-likeness (QED) is 0.819. The summed E-state index contributed by atoms with van der Waals surface area (Å²) in [4.78, 5) is 4.38. The Morgan fingerprint density at radius 2 is 2.21 bits per heavy atom. The molecule has 19 heavy (non-hydrogen) atoms. The smallest absolute Gasteiger partial charge is 0.338 e. The summed E-state index contributed by atoms with van der Waals surface area (Å²) in [6.45, 7) is 1.19. The summed E-state index contributed by atoms with van der Waals surface area (Å²) < 4.78 is 38.7. The van der Waals surface area contributed by atoms with Gasteiger partial charge in [-0.05, 0) is 24.5 Å². The zero-order valence-corrected chi connectivity index (χ0v) is 10.6. The van der Waals surface area contributed by atoms with Gasteiger partial charge in [-0.2, -0.15) is 13.2 Å². The summed E-state index contributed by atoms with van der Waals surface area (Å²) in [5.41, 5.74) is 1.56. The minimum atomic E-state index is -4.19. The van der Waals surface area contributed by atoms with Crippen molar-refractivity contribution in [1.29, 1.82) is 0 Å². The first-order valence-electron chi connectivity index (χ1n) is 6.49. The van der Waals surface area contributed by atoms with E-state index < -0.39 is 12.7 Å². The van der Waals surface area contributed by atoms with Crippen LogP contribution in [0.25, 0.3) is 10.9 Å². The van der Waals surface area contributed by atoms with E-state index in [9.17, 15) is 13.2 Å². The molecule has 0 radical (unpaired) electrons. The monoisotopic (exact) mass is 268 g/mol. The number of aromatic nitrogens is 2.